The molecule has 2 aromatic rings. The Morgan fingerprint density at radius 2 is 2.00 bits per heavy atom. The van der Waals surface area contributed by atoms with Gasteiger partial charge in [0.2, 0.25) is 5.95 Å². The van der Waals surface area contributed by atoms with Gasteiger partial charge in [-0.2, -0.15) is 0 Å². The Hall–Kier alpha value is -2.24. The number of nitrogens with zero attached hydrogens (tertiary/aromatic N) is 4. The van der Waals surface area contributed by atoms with Crippen molar-refractivity contribution in [3.63, 3.8) is 0 Å². The molecule has 6 nitrogen and oxygen atoms in total. The zero-order valence-electron chi connectivity index (χ0n) is 12.3. The maximum Gasteiger partial charge on any atom is 0.258 e. The Morgan fingerprint density at radius 3 is 2.70 bits per heavy atom. The fourth-order valence-corrected chi connectivity index (χ4v) is 2.03. The van der Waals surface area contributed by atoms with E-state index in [2.05, 4.69) is 20.8 Å². The number of aryl methyl sites for hydroxylation is 2. The van der Waals surface area contributed by atoms with E-state index in [1.165, 1.54) is 5.56 Å². The second kappa shape index (κ2) is 5.81. The molecule has 1 aromatic heterocycles. The van der Waals surface area contributed by atoms with Gasteiger partial charge in [-0.15, -0.1) is 0 Å². The number of amides is 1. The van der Waals surface area contributed by atoms with E-state index in [0.29, 0.717) is 18.1 Å². The number of aromatic nitrogens is 4. The largest absolute Gasteiger partial charge is 0.289 e. The summed E-state index contributed by atoms with van der Waals surface area (Å²) in [5.41, 5.74) is 3.94. The van der Waals surface area contributed by atoms with Crippen LogP contribution in [0, 0.1) is 20.8 Å². The summed E-state index contributed by atoms with van der Waals surface area (Å²) in [6.45, 7) is 8.70. The molecule has 0 bridgehead atoms. The molecular formula is C14H19N5O. The van der Waals surface area contributed by atoms with Gasteiger partial charge in [-0.3, -0.25) is 10.1 Å². The van der Waals surface area contributed by atoms with Crippen LogP contribution in [-0.2, 0) is 6.54 Å². The van der Waals surface area contributed by atoms with E-state index in [9.17, 15) is 4.79 Å². The zero-order chi connectivity index (χ0) is 14.7. The summed E-state index contributed by atoms with van der Waals surface area (Å²) in [4.78, 5) is 12.3. The fourth-order valence-electron chi connectivity index (χ4n) is 2.03. The molecule has 1 amide bonds. The Bertz CT molecular complexity index is 632. The molecule has 20 heavy (non-hydrogen) atoms. The van der Waals surface area contributed by atoms with Gasteiger partial charge in [0, 0.05) is 12.1 Å². The predicted octanol–water partition coefficient (Wildman–Crippen LogP) is 2.26. The van der Waals surface area contributed by atoms with Crippen LogP contribution < -0.4 is 5.32 Å². The third kappa shape index (κ3) is 2.68. The highest BCUT2D eigenvalue weighted by Crippen LogP contribution is 2.18. The fraction of sp³-hybridized carbons (Fsp3) is 0.429. The van der Waals surface area contributed by atoms with Gasteiger partial charge in [-0.1, -0.05) is 18.1 Å². The molecule has 0 atom stereocenters. The molecule has 6 heteroatoms. The molecule has 1 aromatic carbocycles. The molecule has 106 valence electrons. The summed E-state index contributed by atoms with van der Waals surface area (Å²) in [5.74, 6) is 0.201. The van der Waals surface area contributed by atoms with E-state index in [1.807, 2.05) is 39.8 Å². The lowest BCUT2D eigenvalue weighted by Crippen LogP contribution is -2.18. The monoisotopic (exact) mass is 273 g/mol. The van der Waals surface area contributed by atoms with Crippen molar-refractivity contribution < 1.29 is 4.79 Å². The van der Waals surface area contributed by atoms with Crippen molar-refractivity contribution >= 4 is 11.9 Å². The lowest BCUT2D eigenvalue weighted by molar-refractivity contribution is 0.102. The molecule has 0 aliphatic carbocycles. The van der Waals surface area contributed by atoms with Crippen LogP contribution in [0.2, 0.25) is 0 Å². The summed E-state index contributed by atoms with van der Waals surface area (Å²) >= 11 is 0. The Kier molecular flexibility index (Phi) is 4.12. The average Bonchev–Trinajstić information content (AvgIpc) is 2.84. The third-order valence-corrected chi connectivity index (χ3v) is 3.50. The van der Waals surface area contributed by atoms with E-state index in [1.54, 1.807) is 4.68 Å². The lowest BCUT2D eigenvalue weighted by Gasteiger charge is -2.11. The van der Waals surface area contributed by atoms with Crippen molar-refractivity contribution in [3.8, 4) is 0 Å². The van der Waals surface area contributed by atoms with E-state index in [4.69, 9.17) is 0 Å². The zero-order valence-corrected chi connectivity index (χ0v) is 12.3. The Labute approximate surface area is 118 Å². The molecule has 0 saturated carbocycles. The summed E-state index contributed by atoms with van der Waals surface area (Å²) in [7, 11) is 0. The average molecular weight is 273 g/mol. The summed E-state index contributed by atoms with van der Waals surface area (Å²) in [5, 5.41) is 14.0. The molecular weight excluding hydrogens is 254 g/mol. The van der Waals surface area contributed by atoms with Crippen molar-refractivity contribution in [2.24, 2.45) is 0 Å². The molecule has 0 spiro atoms. The second-order valence-electron chi connectivity index (χ2n) is 4.86. The van der Waals surface area contributed by atoms with Crippen LogP contribution in [0.1, 0.15) is 40.4 Å². The minimum Gasteiger partial charge on any atom is -0.289 e. The van der Waals surface area contributed by atoms with Gasteiger partial charge in [0.15, 0.2) is 0 Å². The quantitative estimate of drug-likeness (QED) is 0.927. The van der Waals surface area contributed by atoms with Gasteiger partial charge in [0.25, 0.3) is 5.91 Å². The van der Waals surface area contributed by atoms with E-state index in [0.717, 1.165) is 17.5 Å². The van der Waals surface area contributed by atoms with Gasteiger partial charge in [-0.05, 0) is 60.4 Å². The first kappa shape index (κ1) is 14.2. The summed E-state index contributed by atoms with van der Waals surface area (Å²) < 4.78 is 1.59. The highest BCUT2D eigenvalue weighted by Gasteiger charge is 2.15. The van der Waals surface area contributed by atoms with Crippen molar-refractivity contribution in [1.82, 2.24) is 20.2 Å². The van der Waals surface area contributed by atoms with E-state index >= 15 is 0 Å². The molecule has 0 aliphatic rings. The number of nitrogens with one attached hydrogen (secondary N) is 1. The number of hydrogen-bond donors (Lipinski definition) is 1. The summed E-state index contributed by atoms with van der Waals surface area (Å²) in [6, 6.07) is 3.78. The van der Waals surface area contributed by atoms with Crippen LogP contribution in [0.15, 0.2) is 12.1 Å². The van der Waals surface area contributed by atoms with Crippen molar-refractivity contribution in [2.75, 3.05) is 5.32 Å². The van der Waals surface area contributed by atoms with Crippen molar-refractivity contribution in [2.45, 2.75) is 40.7 Å². The van der Waals surface area contributed by atoms with Crippen LogP contribution in [0.5, 0.6) is 0 Å². The second-order valence-corrected chi connectivity index (χ2v) is 4.86. The molecule has 0 unspecified atom stereocenters. The van der Waals surface area contributed by atoms with Gasteiger partial charge in [0.05, 0.1) is 0 Å². The van der Waals surface area contributed by atoms with Crippen LogP contribution in [0.4, 0.5) is 5.95 Å². The highest BCUT2D eigenvalue weighted by molar-refractivity contribution is 6.04. The number of rotatable bonds is 4. The maximum atomic E-state index is 12.3. The number of anilines is 1. The first-order valence-electron chi connectivity index (χ1n) is 6.69. The molecule has 0 radical (unpaired) electrons. The molecule has 1 N–H and O–H groups in total. The number of hydrogen-bond acceptors (Lipinski definition) is 4. The third-order valence-electron chi connectivity index (χ3n) is 3.50. The van der Waals surface area contributed by atoms with E-state index in [-0.39, 0.29) is 5.91 Å². The van der Waals surface area contributed by atoms with Crippen LogP contribution in [-0.4, -0.2) is 26.1 Å². The van der Waals surface area contributed by atoms with Crippen molar-refractivity contribution in [3.05, 3.63) is 34.4 Å². The smallest absolute Gasteiger partial charge is 0.258 e. The lowest BCUT2D eigenvalue weighted by atomic mass is 9.98. The normalized spacial score (nSPS) is 10.6. The number of benzene rings is 1. The topological polar surface area (TPSA) is 72.7 Å². The predicted molar refractivity (Wildman–Crippen MR) is 76.7 cm³/mol. The SMILES string of the molecule is CCCn1nnnc1NC(=O)c1ccc(C)c(C)c1C. The molecule has 2 rings (SSSR count). The number of tetrazole rings is 1. The Morgan fingerprint density at radius 1 is 1.25 bits per heavy atom. The Balaban J connectivity index is 2.24. The van der Waals surface area contributed by atoms with Crippen molar-refractivity contribution in [1.29, 1.82) is 0 Å². The molecule has 0 fully saturated rings. The van der Waals surface area contributed by atoms with Gasteiger partial charge in [0.1, 0.15) is 0 Å². The molecule has 0 aliphatic heterocycles. The van der Waals surface area contributed by atoms with Crippen LogP contribution >= 0.6 is 0 Å². The number of carbonyl (C=O) groups is 1. The molecule has 0 saturated heterocycles. The van der Waals surface area contributed by atoms with E-state index < -0.39 is 0 Å². The van der Waals surface area contributed by atoms with Gasteiger partial charge >= 0.3 is 0 Å². The minimum atomic E-state index is -0.183. The standard InChI is InChI=1S/C14H19N5O/c1-5-8-19-14(16-17-18-19)15-13(20)12-7-6-9(2)10(3)11(12)4/h6-7H,5,8H2,1-4H3,(H,15,16,18,20). The molecule has 1 heterocycles. The minimum absolute atomic E-state index is 0.183. The first-order valence-corrected chi connectivity index (χ1v) is 6.69. The first-order chi connectivity index (χ1) is 9.54. The van der Waals surface area contributed by atoms with Crippen LogP contribution in [0.25, 0.3) is 0 Å². The number of carbonyl (C=O) groups excluding carboxylic acids is 1. The maximum absolute atomic E-state index is 12.3. The van der Waals surface area contributed by atoms with Crippen LogP contribution in [0.3, 0.4) is 0 Å². The summed E-state index contributed by atoms with van der Waals surface area (Å²) in [6.07, 6.45) is 0.899. The van der Waals surface area contributed by atoms with Gasteiger partial charge < -0.3 is 0 Å². The highest BCUT2D eigenvalue weighted by atomic mass is 16.1. The van der Waals surface area contributed by atoms with Gasteiger partial charge in [-0.25, -0.2) is 4.68 Å².